The van der Waals surface area contributed by atoms with E-state index in [-0.39, 0.29) is 6.10 Å². The van der Waals surface area contributed by atoms with Crippen LogP contribution in [0.4, 0.5) is 0 Å². The molecule has 0 aromatic heterocycles. The van der Waals surface area contributed by atoms with E-state index in [1.165, 1.54) is 11.1 Å². The standard InChI is InChI=1S/C16H25NO2/c1-13-4-3-5-15(10-13)7-6-14(2)17-11-16-12-18-8-9-19-16/h3-5,10,14,16-17H,6-9,11-12H2,1-2H3. The van der Waals surface area contributed by atoms with Crippen LogP contribution in [-0.2, 0) is 15.9 Å². The lowest BCUT2D eigenvalue weighted by atomic mass is 10.0. The van der Waals surface area contributed by atoms with Crippen LogP contribution in [-0.4, -0.2) is 38.5 Å². The molecule has 2 unspecified atom stereocenters. The minimum Gasteiger partial charge on any atom is -0.376 e. The highest BCUT2D eigenvalue weighted by molar-refractivity contribution is 5.22. The summed E-state index contributed by atoms with van der Waals surface area (Å²) in [6.45, 7) is 7.45. The van der Waals surface area contributed by atoms with E-state index in [1.54, 1.807) is 0 Å². The molecule has 2 atom stereocenters. The zero-order chi connectivity index (χ0) is 13.5. The molecule has 1 aliphatic heterocycles. The number of benzene rings is 1. The Balaban J connectivity index is 1.65. The van der Waals surface area contributed by atoms with Gasteiger partial charge in [0.05, 0.1) is 25.9 Å². The maximum Gasteiger partial charge on any atom is 0.0933 e. The summed E-state index contributed by atoms with van der Waals surface area (Å²) in [4.78, 5) is 0. The van der Waals surface area contributed by atoms with Crippen LogP contribution in [0, 0.1) is 6.92 Å². The lowest BCUT2D eigenvalue weighted by Gasteiger charge is -2.25. The Bertz CT molecular complexity index is 375. The quantitative estimate of drug-likeness (QED) is 0.854. The van der Waals surface area contributed by atoms with Crippen molar-refractivity contribution in [1.29, 1.82) is 0 Å². The average Bonchev–Trinajstić information content (AvgIpc) is 2.44. The van der Waals surface area contributed by atoms with Crippen molar-refractivity contribution in [2.75, 3.05) is 26.4 Å². The zero-order valence-electron chi connectivity index (χ0n) is 12.0. The second-order valence-corrected chi connectivity index (χ2v) is 5.40. The van der Waals surface area contributed by atoms with Crippen LogP contribution in [0.1, 0.15) is 24.5 Å². The summed E-state index contributed by atoms with van der Waals surface area (Å²) in [6, 6.07) is 9.26. The summed E-state index contributed by atoms with van der Waals surface area (Å²) in [6.07, 6.45) is 2.49. The second kappa shape index (κ2) is 7.63. The Hall–Kier alpha value is -0.900. The van der Waals surface area contributed by atoms with Crippen molar-refractivity contribution in [1.82, 2.24) is 5.32 Å². The number of ether oxygens (including phenoxy) is 2. The van der Waals surface area contributed by atoms with E-state index in [4.69, 9.17) is 9.47 Å². The van der Waals surface area contributed by atoms with Gasteiger partial charge in [0.15, 0.2) is 0 Å². The molecule has 1 aromatic carbocycles. The highest BCUT2D eigenvalue weighted by Gasteiger charge is 2.14. The predicted molar refractivity (Wildman–Crippen MR) is 77.5 cm³/mol. The van der Waals surface area contributed by atoms with Crippen molar-refractivity contribution in [3.63, 3.8) is 0 Å². The molecule has 1 heterocycles. The van der Waals surface area contributed by atoms with Crippen LogP contribution in [0.5, 0.6) is 0 Å². The summed E-state index contributed by atoms with van der Waals surface area (Å²) in [5.74, 6) is 0. The molecule has 0 saturated carbocycles. The van der Waals surface area contributed by atoms with Gasteiger partial charge >= 0.3 is 0 Å². The molecule has 3 heteroatoms. The number of hydrogen-bond donors (Lipinski definition) is 1. The summed E-state index contributed by atoms with van der Waals surface area (Å²) in [5, 5.41) is 3.53. The number of rotatable bonds is 6. The van der Waals surface area contributed by atoms with Crippen molar-refractivity contribution in [3.05, 3.63) is 35.4 Å². The number of hydrogen-bond acceptors (Lipinski definition) is 3. The van der Waals surface area contributed by atoms with Gasteiger partial charge < -0.3 is 14.8 Å². The lowest BCUT2D eigenvalue weighted by Crippen LogP contribution is -2.40. The first-order chi connectivity index (χ1) is 9.24. The monoisotopic (exact) mass is 263 g/mol. The van der Waals surface area contributed by atoms with Crippen molar-refractivity contribution in [2.24, 2.45) is 0 Å². The van der Waals surface area contributed by atoms with Crippen LogP contribution >= 0.6 is 0 Å². The van der Waals surface area contributed by atoms with Crippen molar-refractivity contribution in [3.8, 4) is 0 Å². The van der Waals surface area contributed by atoms with Gasteiger partial charge in [0.1, 0.15) is 0 Å². The maximum atomic E-state index is 5.62. The Morgan fingerprint density at radius 2 is 2.26 bits per heavy atom. The van der Waals surface area contributed by atoms with Crippen molar-refractivity contribution in [2.45, 2.75) is 38.8 Å². The van der Waals surface area contributed by atoms with E-state index in [0.29, 0.717) is 6.04 Å². The number of nitrogens with one attached hydrogen (secondary N) is 1. The molecule has 0 amide bonds. The van der Waals surface area contributed by atoms with Gasteiger partial charge in [-0.25, -0.2) is 0 Å². The highest BCUT2D eigenvalue weighted by Crippen LogP contribution is 2.08. The molecule has 1 aliphatic rings. The van der Waals surface area contributed by atoms with Crippen LogP contribution in [0.3, 0.4) is 0 Å². The Kier molecular flexibility index (Phi) is 5.83. The molecule has 1 N–H and O–H groups in total. The number of aryl methyl sites for hydroxylation is 2. The molecule has 0 spiro atoms. The molecule has 0 aliphatic carbocycles. The van der Waals surface area contributed by atoms with E-state index in [1.807, 2.05) is 0 Å². The SMILES string of the molecule is Cc1cccc(CCC(C)NCC2COCCO2)c1. The van der Waals surface area contributed by atoms with Gasteiger partial charge in [-0.2, -0.15) is 0 Å². The van der Waals surface area contributed by atoms with Gasteiger partial charge in [0.25, 0.3) is 0 Å². The Labute approximate surface area is 116 Å². The van der Waals surface area contributed by atoms with Crippen LogP contribution < -0.4 is 5.32 Å². The van der Waals surface area contributed by atoms with Crippen LogP contribution in [0.15, 0.2) is 24.3 Å². The van der Waals surface area contributed by atoms with Gasteiger partial charge in [-0.1, -0.05) is 29.8 Å². The fraction of sp³-hybridized carbons (Fsp3) is 0.625. The summed E-state index contributed by atoms with van der Waals surface area (Å²) in [5.41, 5.74) is 2.76. The third-order valence-corrected chi connectivity index (χ3v) is 3.53. The molecule has 3 nitrogen and oxygen atoms in total. The van der Waals surface area contributed by atoms with Crippen LogP contribution in [0.2, 0.25) is 0 Å². The molecule has 1 saturated heterocycles. The Morgan fingerprint density at radius 3 is 3.00 bits per heavy atom. The molecule has 1 fully saturated rings. The first kappa shape index (κ1) is 14.5. The smallest absolute Gasteiger partial charge is 0.0933 e. The molecular weight excluding hydrogens is 238 g/mol. The predicted octanol–water partition coefficient (Wildman–Crippen LogP) is 2.32. The van der Waals surface area contributed by atoms with E-state index in [9.17, 15) is 0 Å². The van der Waals surface area contributed by atoms with Gasteiger partial charge in [0, 0.05) is 12.6 Å². The zero-order valence-corrected chi connectivity index (χ0v) is 12.0. The molecule has 0 bridgehead atoms. The van der Waals surface area contributed by atoms with Crippen molar-refractivity contribution >= 4 is 0 Å². The van der Waals surface area contributed by atoms with E-state index >= 15 is 0 Å². The molecule has 2 rings (SSSR count). The molecule has 19 heavy (non-hydrogen) atoms. The molecule has 0 radical (unpaired) electrons. The van der Waals surface area contributed by atoms with Gasteiger partial charge in [0.2, 0.25) is 0 Å². The molecule has 1 aromatic rings. The summed E-state index contributed by atoms with van der Waals surface area (Å²) in [7, 11) is 0. The first-order valence-corrected chi connectivity index (χ1v) is 7.22. The minimum atomic E-state index is 0.218. The fourth-order valence-electron chi connectivity index (χ4n) is 2.34. The minimum absolute atomic E-state index is 0.218. The molecular formula is C16H25NO2. The van der Waals surface area contributed by atoms with Gasteiger partial charge in [-0.3, -0.25) is 0 Å². The van der Waals surface area contributed by atoms with E-state index < -0.39 is 0 Å². The molecule has 106 valence electrons. The highest BCUT2D eigenvalue weighted by atomic mass is 16.6. The fourth-order valence-corrected chi connectivity index (χ4v) is 2.34. The summed E-state index contributed by atoms with van der Waals surface area (Å²) < 4.78 is 11.0. The van der Waals surface area contributed by atoms with E-state index in [2.05, 4.69) is 43.4 Å². The van der Waals surface area contributed by atoms with Crippen LogP contribution in [0.25, 0.3) is 0 Å². The normalized spacial score (nSPS) is 21.3. The average molecular weight is 263 g/mol. The first-order valence-electron chi connectivity index (χ1n) is 7.22. The Morgan fingerprint density at radius 1 is 1.37 bits per heavy atom. The van der Waals surface area contributed by atoms with E-state index in [0.717, 1.165) is 39.2 Å². The second-order valence-electron chi connectivity index (χ2n) is 5.40. The van der Waals surface area contributed by atoms with Gasteiger partial charge in [-0.15, -0.1) is 0 Å². The largest absolute Gasteiger partial charge is 0.376 e. The third-order valence-electron chi connectivity index (χ3n) is 3.53. The third kappa shape index (κ3) is 5.31. The summed E-state index contributed by atoms with van der Waals surface area (Å²) >= 11 is 0. The van der Waals surface area contributed by atoms with Crippen molar-refractivity contribution < 1.29 is 9.47 Å². The van der Waals surface area contributed by atoms with Gasteiger partial charge in [-0.05, 0) is 32.3 Å². The lowest BCUT2D eigenvalue weighted by molar-refractivity contribution is -0.0869. The topological polar surface area (TPSA) is 30.5 Å². The maximum absolute atomic E-state index is 5.62.